The monoisotopic (exact) mass is 232 g/mol. The van der Waals surface area contributed by atoms with Gasteiger partial charge in [-0.25, -0.2) is 0 Å². The average Bonchev–Trinajstić information content (AvgIpc) is 2.34. The maximum atomic E-state index is 12.0. The largest absolute Gasteiger partial charge is 0.374 e. The smallest absolute Gasteiger partial charge is 0.203 e. The second-order valence-electron chi connectivity index (χ2n) is 3.97. The van der Waals surface area contributed by atoms with Gasteiger partial charge in [0.1, 0.15) is 0 Å². The number of carbonyl (C=O) groups excluding carboxylic acids is 1. The van der Waals surface area contributed by atoms with Gasteiger partial charge in [-0.3, -0.25) is 4.79 Å². The molecule has 0 bridgehead atoms. The number of aliphatic hydroxyl groups is 3. The zero-order valence-corrected chi connectivity index (χ0v) is 8.95. The predicted molar refractivity (Wildman–Crippen MR) is 61.2 cm³/mol. The Morgan fingerprint density at radius 3 is 1.94 bits per heavy atom. The van der Waals surface area contributed by atoms with E-state index >= 15 is 0 Å². The van der Waals surface area contributed by atoms with E-state index in [-0.39, 0.29) is 0 Å². The Kier molecular flexibility index (Phi) is 2.71. The van der Waals surface area contributed by atoms with E-state index in [9.17, 15) is 20.1 Å². The van der Waals surface area contributed by atoms with Crippen molar-refractivity contribution in [2.75, 3.05) is 0 Å². The summed E-state index contributed by atoms with van der Waals surface area (Å²) in [6.45, 7) is 0. The van der Waals surface area contributed by atoms with Crippen molar-refractivity contribution >= 4 is 5.78 Å². The maximum Gasteiger partial charge on any atom is 0.203 e. The van der Waals surface area contributed by atoms with Gasteiger partial charge in [0.05, 0.1) is 0 Å². The fourth-order valence-corrected chi connectivity index (χ4v) is 1.58. The van der Waals surface area contributed by atoms with Crippen LogP contribution < -0.4 is 0 Å². The topological polar surface area (TPSA) is 77.8 Å². The van der Waals surface area contributed by atoms with E-state index in [0.29, 0.717) is 5.56 Å². The summed E-state index contributed by atoms with van der Waals surface area (Å²) in [6.07, 6.45) is 4.08. The molecule has 1 aliphatic rings. The molecule has 2 rings (SSSR count). The minimum atomic E-state index is -2.11. The van der Waals surface area contributed by atoms with Crippen molar-refractivity contribution in [1.29, 1.82) is 0 Å². The summed E-state index contributed by atoms with van der Waals surface area (Å²) in [6, 6.07) is 8.31. The molecule has 0 saturated heterocycles. The van der Waals surface area contributed by atoms with E-state index < -0.39 is 17.2 Å². The van der Waals surface area contributed by atoms with Crippen molar-refractivity contribution in [2.24, 2.45) is 0 Å². The number of carbonyl (C=O) groups is 1. The first-order valence-electron chi connectivity index (χ1n) is 5.11. The summed E-state index contributed by atoms with van der Waals surface area (Å²) in [7, 11) is 0. The van der Waals surface area contributed by atoms with Crippen molar-refractivity contribution in [3.05, 3.63) is 60.2 Å². The zero-order valence-electron chi connectivity index (χ0n) is 8.95. The van der Waals surface area contributed by atoms with E-state index in [1.165, 1.54) is 0 Å². The van der Waals surface area contributed by atoms with E-state index in [2.05, 4.69) is 0 Å². The first-order valence-corrected chi connectivity index (χ1v) is 5.11. The van der Waals surface area contributed by atoms with E-state index in [4.69, 9.17) is 0 Å². The molecule has 0 heterocycles. The van der Waals surface area contributed by atoms with Gasteiger partial charge < -0.3 is 15.3 Å². The molecule has 88 valence electrons. The standard InChI is InChI=1S/C13H12O4/c14-11(10-4-2-1-3-5-10)12(15)6-8-13(16,17)9-7-12/h1-9,15-17H. The molecule has 0 amide bonds. The van der Waals surface area contributed by atoms with Gasteiger partial charge >= 0.3 is 0 Å². The van der Waals surface area contributed by atoms with Crippen LogP contribution in [0.5, 0.6) is 0 Å². The normalized spacial score (nSPS) is 20.2. The summed E-state index contributed by atoms with van der Waals surface area (Å²) in [4.78, 5) is 12.0. The van der Waals surface area contributed by atoms with Crippen molar-refractivity contribution in [3.8, 4) is 0 Å². The van der Waals surface area contributed by atoms with Crippen LogP contribution >= 0.6 is 0 Å². The van der Waals surface area contributed by atoms with Crippen LogP contribution in [0.4, 0.5) is 0 Å². The van der Waals surface area contributed by atoms with Crippen LogP contribution in [0.25, 0.3) is 0 Å². The summed E-state index contributed by atoms with van der Waals surface area (Å²) < 4.78 is 0. The fraction of sp³-hybridized carbons (Fsp3) is 0.154. The lowest BCUT2D eigenvalue weighted by Gasteiger charge is -2.26. The van der Waals surface area contributed by atoms with E-state index in [1.807, 2.05) is 0 Å². The van der Waals surface area contributed by atoms with Gasteiger partial charge in [0.15, 0.2) is 5.60 Å². The predicted octanol–water partition coefficient (Wildman–Crippen LogP) is 0.407. The van der Waals surface area contributed by atoms with Crippen LogP contribution in [0.2, 0.25) is 0 Å². The summed E-state index contributed by atoms with van der Waals surface area (Å²) in [5, 5.41) is 28.5. The Hall–Kier alpha value is -1.75. The molecule has 0 radical (unpaired) electrons. The van der Waals surface area contributed by atoms with Gasteiger partial charge in [0, 0.05) is 5.56 Å². The van der Waals surface area contributed by atoms with Crippen molar-refractivity contribution in [3.63, 3.8) is 0 Å². The van der Waals surface area contributed by atoms with Gasteiger partial charge in [0.25, 0.3) is 0 Å². The Balaban J connectivity index is 2.31. The first kappa shape index (κ1) is 11.7. The molecule has 0 spiro atoms. The minimum Gasteiger partial charge on any atom is -0.374 e. The molecule has 0 saturated carbocycles. The summed E-state index contributed by atoms with van der Waals surface area (Å²) in [5.74, 6) is -2.62. The Morgan fingerprint density at radius 1 is 0.882 bits per heavy atom. The molecule has 1 aliphatic carbocycles. The quantitative estimate of drug-likeness (QED) is 0.392. The van der Waals surface area contributed by atoms with Gasteiger partial charge in [0.2, 0.25) is 11.6 Å². The average molecular weight is 232 g/mol. The number of hydrogen-bond donors (Lipinski definition) is 3. The van der Waals surface area contributed by atoms with Gasteiger partial charge in [-0.1, -0.05) is 30.3 Å². The number of benzene rings is 1. The highest BCUT2D eigenvalue weighted by atomic mass is 16.5. The third-order valence-electron chi connectivity index (χ3n) is 2.57. The highest BCUT2D eigenvalue weighted by Crippen LogP contribution is 2.23. The Bertz CT molecular complexity index is 469. The van der Waals surface area contributed by atoms with Crippen LogP contribution in [0.3, 0.4) is 0 Å². The molecule has 0 aliphatic heterocycles. The zero-order chi connectivity index (χ0) is 12.5. The minimum absolute atomic E-state index is 0.354. The second-order valence-corrected chi connectivity index (χ2v) is 3.97. The van der Waals surface area contributed by atoms with E-state index in [0.717, 1.165) is 24.3 Å². The van der Waals surface area contributed by atoms with Gasteiger partial charge in [-0.05, 0) is 24.3 Å². The second kappa shape index (κ2) is 3.92. The Labute approximate surface area is 98.1 Å². The lowest BCUT2D eigenvalue weighted by molar-refractivity contribution is -0.0779. The SMILES string of the molecule is O=C(c1ccccc1)C1(O)C=CC(O)(O)C=C1. The van der Waals surface area contributed by atoms with Crippen molar-refractivity contribution < 1.29 is 20.1 Å². The molecular formula is C13H12O4. The van der Waals surface area contributed by atoms with Crippen molar-refractivity contribution in [1.82, 2.24) is 0 Å². The number of hydrogen-bond acceptors (Lipinski definition) is 4. The van der Waals surface area contributed by atoms with Crippen molar-refractivity contribution in [2.45, 2.75) is 11.4 Å². The van der Waals surface area contributed by atoms with Gasteiger partial charge in [-0.2, -0.15) is 0 Å². The molecule has 4 nitrogen and oxygen atoms in total. The molecule has 1 aromatic carbocycles. The molecule has 0 aromatic heterocycles. The Morgan fingerprint density at radius 2 is 1.41 bits per heavy atom. The van der Waals surface area contributed by atoms with Crippen LogP contribution in [0, 0.1) is 0 Å². The lowest BCUT2D eigenvalue weighted by atomic mass is 9.88. The summed E-state index contributed by atoms with van der Waals surface area (Å²) in [5.41, 5.74) is -1.47. The van der Waals surface area contributed by atoms with Crippen LogP contribution in [0.15, 0.2) is 54.6 Å². The van der Waals surface area contributed by atoms with E-state index in [1.54, 1.807) is 30.3 Å². The number of ketones is 1. The van der Waals surface area contributed by atoms with Gasteiger partial charge in [-0.15, -0.1) is 0 Å². The molecule has 17 heavy (non-hydrogen) atoms. The first-order chi connectivity index (χ1) is 7.93. The number of rotatable bonds is 2. The van der Waals surface area contributed by atoms with Crippen LogP contribution in [-0.2, 0) is 0 Å². The third kappa shape index (κ3) is 2.34. The molecule has 0 fully saturated rings. The molecular weight excluding hydrogens is 220 g/mol. The lowest BCUT2D eigenvalue weighted by Crippen LogP contribution is -2.39. The molecule has 0 atom stereocenters. The molecule has 1 aromatic rings. The van der Waals surface area contributed by atoms with Crippen LogP contribution in [0.1, 0.15) is 10.4 Å². The third-order valence-corrected chi connectivity index (χ3v) is 2.57. The molecule has 4 heteroatoms. The summed E-state index contributed by atoms with van der Waals surface area (Å²) >= 11 is 0. The fourth-order valence-electron chi connectivity index (χ4n) is 1.58. The maximum absolute atomic E-state index is 12.0. The highest BCUT2D eigenvalue weighted by molar-refractivity contribution is 6.05. The highest BCUT2D eigenvalue weighted by Gasteiger charge is 2.35. The molecule has 3 N–H and O–H groups in total. The van der Waals surface area contributed by atoms with Crippen LogP contribution in [-0.4, -0.2) is 32.5 Å². The number of Topliss-reactive ketones (excluding diaryl/α,β-unsaturated/α-hetero) is 1. The molecule has 0 unspecified atom stereocenters.